The number of nitrogens with one attached hydrogen (secondary N) is 1. The van der Waals surface area contributed by atoms with Crippen LogP contribution in [0.4, 0.5) is 4.39 Å². The maximum Gasteiger partial charge on any atom is 0.247 e. The molecule has 1 unspecified atom stereocenters. The van der Waals surface area contributed by atoms with Crippen LogP contribution < -0.4 is 5.32 Å². The summed E-state index contributed by atoms with van der Waals surface area (Å²) in [5, 5.41) is 12.0. The van der Waals surface area contributed by atoms with Crippen LogP contribution in [0.5, 0.6) is 0 Å². The van der Waals surface area contributed by atoms with Gasteiger partial charge in [0.2, 0.25) is 11.8 Å². The quantitative estimate of drug-likeness (QED) is 0.557. The van der Waals surface area contributed by atoms with Gasteiger partial charge in [0.1, 0.15) is 11.9 Å². The van der Waals surface area contributed by atoms with Gasteiger partial charge in [0.25, 0.3) is 0 Å². The molecule has 0 amide bonds. The van der Waals surface area contributed by atoms with Crippen molar-refractivity contribution in [2.45, 2.75) is 38.1 Å². The van der Waals surface area contributed by atoms with Crippen molar-refractivity contribution in [3.8, 4) is 11.5 Å². The summed E-state index contributed by atoms with van der Waals surface area (Å²) in [5.74, 6) is 0.716. The predicted molar refractivity (Wildman–Crippen MR) is 107 cm³/mol. The average molecular weight is 377 g/mol. The van der Waals surface area contributed by atoms with E-state index in [1.807, 2.05) is 30.3 Å². The van der Waals surface area contributed by atoms with E-state index in [-0.39, 0.29) is 11.9 Å². The van der Waals surface area contributed by atoms with E-state index in [2.05, 4.69) is 21.6 Å². The third-order valence-corrected chi connectivity index (χ3v) is 5.09. The van der Waals surface area contributed by atoms with E-state index in [0.29, 0.717) is 11.8 Å². The zero-order valence-corrected chi connectivity index (χ0v) is 15.8. The number of benzene rings is 2. The van der Waals surface area contributed by atoms with Gasteiger partial charge in [-0.3, -0.25) is 0 Å². The van der Waals surface area contributed by atoms with Gasteiger partial charge in [-0.1, -0.05) is 42.0 Å². The molecule has 1 aliphatic carbocycles. The van der Waals surface area contributed by atoms with Crippen LogP contribution in [0.25, 0.3) is 11.5 Å². The monoisotopic (exact) mass is 377 g/mol. The summed E-state index contributed by atoms with van der Waals surface area (Å²) in [4.78, 5) is 0. The van der Waals surface area contributed by atoms with Crippen molar-refractivity contribution >= 4 is 0 Å². The first-order valence-electron chi connectivity index (χ1n) is 9.85. The highest BCUT2D eigenvalue weighted by Gasteiger charge is 2.21. The number of hydrogen-bond acceptors (Lipinski definition) is 4. The van der Waals surface area contributed by atoms with Crippen molar-refractivity contribution in [1.29, 1.82) is 0 Å². The second kappa shape index (κ2) is 8.93. The lowest BCUT2D eigenvalue weighted by molar-refractivity contribution is 0.438. The summed E-state index contributed by atoms with van der Waals surface area (Å²) in [6, 6.07) is 15.9. The van der Waals surface area contributed by atoms with Crippen LogP contribution in [0.1, 0.15) is 49.6 Å². The summed E-state index contributed by atoms with van der Waals surface area (Å²) in [6.45, 7) is 0.803. The van der Waals surface area contributed by atoms with Crippen molar-refractivity contribution in [1.82, 2.24) is 15.5 Å². The lowest BCUT2D eigenvalue weighted by Crippen LogP contribution is -2.24. The highest BCUT2D eigenvalue weighted by molar-refractivity contribution is 5.51. The molecule has 1 aromatic heterocycles. The van der Waals surface area contributed by atoms with Gasteiger partial charge in [-0.15, -0.1) is 10.2 Å². The Balaban J connectivity index is 1.53. The second-order valence-corrected chi connectivity index (χ2v) is 7.11. The Kier molecular flexibility index (Phi) is 5.92. The molecule has 4 nitrogen and oxygen atoms in total. The molecule has 3 aromatic rings. The van der Waals surface area contributed by atoms with Crippen molar-refractivity contribution in [3.63, 3.8) is 0 Å². The smallest absolute Gasteiger partial charge is 0.247 e. The van der Waals surface area contributed by atoms with E-state index in [9.17, 15) is 4.39 Å². The van der Waals surface area contributed by atoms with Crippen LogP contribution in [0.2, 0.25) is 0 Å². The third-order valence-electron chi connectivity index (χ3n) is 5.09. The molecule has 0 saturated heterocycles. The van der Waals surface area contributed by atoms with Gasteiger partial charge in [0.05, 0.1) is 0 Å². The molecule has 0 bridgehead atoms. The van der Waals surface area contributed by atoms with Crippen molar-refractivity contribution < 1.29 is 8.81 Å². The molecule has 0 saturated carbocycles. The molecule has 1 heterocycles. The Morgan fingerprint density at radius 1 is 1.00 bits per heavy atom. The number of rotatable bonds is 7. The SMILES string of the molecule is Fc1ccc(C(NCCC2=CCCCC2)c2nnc(-c3ccccc3)o2)cc1. The number of hydrogen-bond donors (Lipinski definition) is 1. The summed E-state index contributed by atoms with van der Waals surface area (Å²) < 4.78 is 19.4. The minimum atomic E-state index is -0.269. The largest absolute Gasteiger partial charge is 0.419 e. The highest BCUT2D eigenvalue weighted by atomic mass is 19.1. The molecule has 0 fully saturated rings. The number of halogens is 1. The molecule has 1 atom stereocenters. The third kappa shape index (κ3) is 4.54. The minimum Gasteiger partial charge on any atom is -0.419 e. The lowest BCUT2D eigenvalue weighted by atomic mass is 9.97. The topological polar surface area (TPSA) is 51.0 Å². The lowest BCUT2D eigenvalue weighted by Gasteiger charge is -2.18. The molecule has 28 heavy (non-hydrogen) atoms. The average Bonchev–Trinajstić information content (AvgIpc) is 3.23. The fourth-order valence-electron chi connectivity index (χ4n) is 3.56. The Hall–Kier alpha value is -2.79. The predicted octanol–water partition coefficient (Wildman–Crippen LogP) is 5.45. The first kappa shape index (κ1) is 18.6. The molecule has 1 N–H and O–H groups in total. The molecule has 0 aliphatic heterocycles. The summed E-state index contributed by atoms with van der Waals surface area (Å²) in [6.07, 6.45) is 8.29. The fraction of sp³-hybridized carbons (Fsp3) is 0.304. The van der Waals surface area contributed by atoms with E-state index in [1.165, 1.54) is 43.4 Å². The first-order valence-corrected chi connectivity index (χ1v) is 9.85. The zero-order valence-electron chi connectivity index (χ0n) is 15.8. The van der Waals surface area contributed by atoms with Crippen molar-refractivity contribution in [2.24, 2.45) is 0 Å². The van der Waals surface area contributed by atoms with Crippen molar-refractivity contribution in [3.05, 3.63) is 83.5 Å². The molecule has 2 aromatic carbocycles. The van der Waals surface area contributed by atoms with Gasteiger partial charge in [-0.25, -0.2) is 4.39 Å². The molecule has 1 aliphatic rings. The van der Waals surface area contributed by atoms with Crippen LogP contribution in [-0.2, 0) is 0 Å². The molecule has 0 radical (unpaired) electrons. The maximum atomic E-state index is 13.4. The molecular formula is C23H24FN3O. The number of allylic oxidation sites excluding steroid dienone is 1. The Morgan fingerprint density at radius 2 is 1.82 bits per heavy atom. The molecule has 5 heteroatoms. The summed E-state index contributed by atoms with van der Waals surface area (Å²) in [5.41, 5.74) is 3.29. The zero-order chi connectivity index (χ0) is 19.2. The van der Waals surface area contributed by atoms with Crippen LogP contribution in [0, 0.1) is 5.82 Å². The van der Waals surface area contributed by atoms with Crippen LogP contribution in [0.3, 0.4) is 0 Å². The Labute approximate surface area is 164 Å². The van der Waals surface area contributed by atoms with Gasteiger partial charge in [-0.2, -0.15) is 0 Å². The van der Waals surface area contributed by atoms with Gasteiger partial charge >= 0.3 is 0 Å². The highest BCUT2D eigenvalue weighted by Crippen LogP contribution is 2.26. The Morgan fingerprint density at radius 3 is 2.57 bits per heavy atom. The number of nitrogens with zero attached hydrogens (tertiary/aromatic N) is 2. The minimum absolute atomic E-state index is 0.259. The Bertz CT molecular complexity index is 919. The standard InChI is InChI=1S/C23H24FN3O/c24-20-13-11-18(12-14-20)21(25-16-15-17-7-3-1-4-8-17)23-27-26-22(28-23)19-9-5-2-6-10-19/h2,5-7,9-14,21,25H,1,3-4,8,15-16H2. The maximum absolute atomic E-state index is 13.4. The normalized spacial score (nSPS) is 15.2. The molecule has 4 rings (SSSR count). The fourth-order valence-corrected chi connectivity index (χ4v) is 3.56. The van der Waals surface area contributed by atoms with Gasteiger partial charge in [0, 0.05) is 5.56 Å². The summed E-state index contributed by atoms with van der Waals surface area (Å²) in [7, 11) is 0. The first-order chi connectivity index (χ1) is 13.8. The van der Waals surface area contributed by atoms with Crippen molar-refractivity contribution in [2.75, 3.05) is 6.54 Å². The van der Waals surface area contributed by atoms with E-state index < -0.39 is 0 Å². The van der Waals surface area contributed by atoms with Gasteiger partial charge in [0.15, 0.2) is 0 Å². The molecule has 0 spiro atoms. The summed E-state index contributed by atoms with van der Waals surface area (Å²) >= 11 is 0. The molecular weight excluding hydrogens is 353 g/mol. The van der Waals surface area contributed by atoms with E-state index >= 15 is 0 Å². The second-order valence-electron chi connectivity index (χ2n) is 7.11. The van der Waals surface area contributed by atoms with E-state index in [4.69, 9.17) is 4.42 Å². The molecule has 144 valence electrons. The van der Waals surface area contributed by atoms with Crippen LogP contribution in [-0.4, -0.2) is 16.7 Å². The van der Waals surface area contributed by atoms with E-state index in [0.717, 1.165) is 24.1 Å². The number of aromatic nitrogens is 2. The van der Waals surface area contributed by atoms with Gasteiger partial charge in [-0.05, 0) is 68.5 Å². The van der Waals surface area contributed by atoms with E-state index in [1.54, 1.807) is 12.1 Å². The van der Waals surface area contributed by atoms with Crippen LogP contribution in [0.15, 0.2) is 70.7 Å². The van der Waals surface area contributed by atoms with Gasteiger partial charge < -0.3 is 9.73 Å². The van der Waals surface area contributed by atoms with Crippen LogP contribution >= 0.6 is 0 Å².